The van der Waals surface area contributed by atoms with Crippen LogP contribution in [-0.2, 0) is 4.79 Å². The number of hydrogen-bond donors (Lipinski definition) is 1. The van der Waals surface area contributed by atoms with Gasteiger partial charge in [-0.05, 0) is 39.0 Å². The van der Waals surface area contributed by atoms with Crippen molar-refractivity contribution in [1.29, 1.82) is 0 Å². The van der Waals surface area contributed by atoms with E-state index in [1.165, 1.54) is 0 Å². The van der Waals surface area contributed by atoms with Gasteiger partial charge < -0.3 is 10.1 Å². The van der Waals surface area contributed by atoms with Crippen molar-refractivity contribution in [3.63, 3.8) is 0 Å². The summed E-state index contributed by atoms with van der Waals surface area (Å²) in [6.45, 7) is 5.52. The summed E-state index contributed by atoms with van der Waals surface area (Å²) in [4.78, 5) is 11.6. The molecular formula is C12H16ClNO2. The van der Waals surface area contributed by atoms with Crippen molar-refractivity contribution in [3.05, 3.63) is 29.3 Å². The summed E-state index contributed by atoms with van der Waals surface area (Å²) in [5.74, 6) is 0.467. The van der Waals surface area contributed by atoms with E-state index in [2.05, 4.69) is 5.32 Å². The number of carbonyl (C=O) groups excluding carboxylic acids is 1. The maximum atomic E-state index is 11.6. The lowest BCUT2D eigenvalue weighted by Gasteiger charge is -2.16. The number of halogens is 1. The molecule has 1 N–H and O–H groups in total. The Bertz CT molecular complexity index is 366. The number of hydrogen-bond acceptors (Lipinski definition) is 2. The maximum absolute atomic E-state index is 11.6. The van der Waals surface area contributed by atoms with E-state index in [0.717, 1.165) is 0 Å². The first-order chi connectivity index (χ1) is 7.49. The van der Waals surface area contributed by atoms with Crippen molar-refractivity contribution in [2.75, 3.05) is 0 Å². The monoisotopic (exact) mass is 241 g/mol. The predicted molar refractivity (Wildman–Crippen MR) is 64.8 cm³/mol. The van der Waals surface area contributed by atoms with Crippen LogP contribution in [-0.4, -0.2) is 18.1 Å². The van der Waals surface area contributed by atoms with E-state index < -0.39 is 6.10 Å². The summed E-state index contributed by atoms with van der Waals surface area (Å²) < 4.78 is 5.46. The van der Waals surface area contributed by atoms with E-state index in [0.29, 0.717) is 10.8 Å². The fourth-order valence-electron chi connectivity index (χ4n) is 1.20. The van der Waals surface area contributed by atoms with Crippen LogP contribution in [0.15, 0.2) is 24.3 Å². The van der Waals surface area contributed by atoms with Crippen LogP contribution in [0.4, 0.5) is 0 Å². The van der Waals surface area contributed by atoms with E-state index in [-0.39, 0.29) is 11.9 Å². The highest BCUT2D eigenvalue weighted by Crippen LogP contribution is 2.18. The molecule has 0 fully saturated rings. The first-order valence-corrected chi connectivity index (χ1v) is 5.59. The van der Waals surface area contributed by atoms with Crippen molar-refractivity contribution in [2.24, 2.45) is 0 Å². The van der Waals surface area contributed by atoms with Crippen LogP contribution < -0.4 is 10.1 Å². The quantitative estimate of drug-likeness (QED) is 0.880. The molecule has 0 saturated heterocycles. The van der Waals surface area contributed by atoms with Crippen molar-refractivity contribution in [2.45, 2.75) is 32.9 Å². The second-order valence-corrected chi connectivity index (χ2v) is 4.32. The first-order valence-electron chi connectivity index (χ1n) is 5.21. The summed E-state index contributed by atoms with van der Waals surface area (Å²) in [5, 5.41) is 3.37. The zero-order chi connectivity index (χ0) is 12.1. The minimum atomic E-state index is -0.527. The van der Waals surface area contributed by atoms with Crippen LogP contribution in [0.5, 0.6) is 5.75 Å². The van der Waals surface area contributed by atoms with Crippen LogP contribution in [0.2, 0.25) is 5.02 Å². The summed E-state index contributed by atoms with van der Waals surface area (Å²) in [6, 6.07) is 7.10. The highest BCUT2D eigenvalue weighted by Gasteiger charge is 2.15. The Morgan fingerprint density at radius 3 is 2.62 bits per heavy atom. The van der Waals surface area contributed by atoms with Gasteiger partial charge in [0.1, 0.15) is 5.75 Å². The second-order valence-electron chi connectivity index (χ2n) is 3.88. The van der Waals surface area contributed by atoms with E-state index in [4.69, 9.17) is 16.3 Å². The normalized spacial score (nSPS) is 12.3. The van der Waals surface area contributed by atoms with E-state index in [1.807, 2.05) is 13.8 Å². The van der Waals surface area contributed by atoms with Gasteiger partial charge in [-0.2, -0.15) is 0 Å². The molecule has 16 heavy (non-hydrogen) atoms. The Morgan fingerprint density at radius 2 is 2.06 bits per heavy atom. The molecule has 1 atom stereocenters. The van der Waals surface area contributed by atoms with Gasteiger partial charge in [-0.1, -0.05) is 17.7 Å². The largest absolute Gasteiger partial charge is 0.481 e. The van der Waals surface area contributed by atoms with Crippen molar-refractivity contribution < 1.29 is 9.53 Å². The third-order valence-electron chi connectivity index (χ3n) is 1.91. The molecule has 0 aromatic heterocycles. The molecule has 0 heterocycles. The van der Waals surface area contributed by atoms with Crippen molar-refractivity contribution >= 4 is 17.5 Å². The summed E-state index contributed by atoms with van der Waals surface area (Å²) in [6.07, 6.45) is -0.527. The molecule has 88 valence electrons. The summed E-state index contributed by atoms with van der Waals surface area (Å²) in [5.41, 5.74) is 0. The van der Waals surface area contributed by atoms with Gasteiger partial charge in [0, 0.05) is 11.1 Å². The Kier molecular flexibility index (Phi) is 4.62. The third kappa shape index (κ3) is 4.11. The van der Waals surface area contributed by atoms with E-state index >= 15 is 0 Å². The molecule has 0 aliphatic heterocycles. The fraction of sp³-hybridized carbons (Fsp3) is 0.417. The molecule has 0 unspecified atom stereocenters. The molecule has 1 amide bonds. The molecule has 0 radical (unpaired) electrons. The van der Waals surface area contributed by atoms with Crippen molar-refractivity contribution in [3.8, 4) is 5.75 Å². The molecule has 0 bridgehead atoms. The van der Waals surface area contributed by atoms with Gasteiger partial charge in [0.25, 0.3) is 5.91 Å². The van der Waals surface area contributed by atoms with E-state index in [9.17, 15) is 4.79 Å². The smallest absolute Gasteiger partial charge is 0.260 e. The molecule has 1 aromatic rings. The zero-order valence-electron chi connectivity index (χ0n) is 9.66. The average Bonchev–Trinajstić information content (AvgIpc) is 2.16. The van der Waals surface area contributed by atoms with Crippen LogP contribution in [0.25, 0.3) is 0 Å². The van der Waals surface area contributed by atoms with Gasteiger partial charge in [-0.3, -0.25) is 4.79 Å². The van der Waals surface area contributed by atoms with Crippen LogP contribution >= 0.6 is 11.6 Å². The molecule has 1 rings (SSSR count). The molecule has 0 aliphatic carbocycles. The summed E-state index contributed by atoms with van der Waals surface area (Å²) in [7, 11) is 0. The van der Waals surface area contributed by atoms with Gasteiger partial charge in [0.2, 0.25) is 0 Å². The molecular weight excluding hydrogens is 226 g/mol. The number of carbonyl (C=O) groups is 1. The first kappa shape index (κ1) is 12.8. The van der Waals surface area contributed by atoms with Crippen LogP contribution in [0, 0.1) is 0 Å². The standard InChI is InChI=1S/C12H16ClNO2/c1-8(2)14-12(15)9(3)16-11-6-4-5-10(13)7-11/h4-9H,1-3H3,(H,14,15)/t9-/m1/s1. The van der Waals surface area contributed by atoms with Gasteiger partial charge in [-0.25, -0.2) is 0 Å². The lowest BCUT2D eigenvalue weighted by atomic mass is 10.3. The Morgan fingerprint density at radius 1 is 1.38 bits per heavy atom. The third-order valence-corrected chi connectivity index (χ3v) is 2.14. The molecule has 0 saturated carbocycles. The second kappa shape index (κ2) is 5.75. The molecule has 3 nitrogen and oxygen atoms in total. The Balaban J connectivity index is 2.57. The average molecular weight is 242 g/mol. The number of nitrogens with one attached hydrogen (secondary N) is 1. The maximum Gasteiger partial charge on any atom is 0.260 e. The molecule has 4 heteroatoms. The number of rotatable bonds is 4. The Labute approximate surface area is 101 Å². The van der Waals surface area contributed by atoms with Crippen LogP contribution in [0.1, 0.15) is 20.8 Å². The van der Waals surface area contributed by atoms with Gasteiger partial charge in [0.05, 0.1) is 0 Å². The highest BCUT2D eigenvalue weighted by atomic mass is 35.5. The topological polar surface area (TPSA) is 38.3 Å². The fourth-order valence-corrected chi connectivity index (χ4v) is 1.38. The zero-order valence-corrected chi connectivity index (χ0v) is 10.4. The van der Waals surface area contributed by atoms with Gasteiger partial charge in [-0.15, -0.1) is 0 Å². The summed E-state index contributed by atoms with van der Waals surface area (Å²) >= 11 is 5.81. The predicted octanol–water partition coefficient (Wildman–Crippen LogP) is 2.63. The minimum absolute atomic E-state index is 0.109. The van der Waals surface area contributed by atoms with Crippen molar-refractivity contribution in [1.82, 2.24) is 5.32 Å². The molecule has 0 aliphatic rings. The Hall–Kier alpha value is -1.22. The van der Waals surface area contributed by atoms with Gasteiger partial charge in [0.15, 0.2) is 6.10 Å². The number of ether oxygens (including phenoxy) is 1. The van der Waals surface area contributed by atoms with E-state index in [1.54, 1.807) is 31.2 Å². The number of amides is 1. The minimum Gasteiger partial charge on any atom is -0.481 e. The van der Waals surface area contributed by atoms with Crippen LogP contribution in [0.3, 0.4) is 0 Å². The highest BCUT2D eigenvalue weighted by molar-refractivity contribution is 6.30. The lowest BCUT2D eigenvalue weighted by molar-refractivity contribution is -0.127. The molecule has 1 aromatic carbocycles. The SMILES string of the molecule is CC(C)NC(=O)[C@@H](C)Oc1cccc(Cl)c1. The number of benzene rings is 1. The molecule has 0 spiro atoms. The van der Waals surface area contributed by atoms with Gasteiger partial charge >= 0.3 is 0 Å². The lowest BCUT2D eigenvalue weighted by Crippen LogP contribution is -2.40.